The van der Waals surface area contributed by atoms with Gasteiger partial charge in [0.05, 0.1) is 0 Å². The van der Waals surface area contributed by atoms with Crippen LogP contribution in [0.1, 0.15) is 30.5 Å². The minimum atomic E-state index is -4.61. The largest absolute Gasteiger partial charge is 0.489 e. The Balaban J connectivity index is 1.63. The summed E-state index contributed by atoms with van der Waals surface area (Å²) in [5, 5.41) is 2.66. The van der Waals surface area contributed by atoms with E-state index in [9.17, 15) is 18.0 Å². The number of alkyl halides is 3. The Morgan fingerprint density at radius 3 is 2.90 bits per heavy atom. The van der Waals surface area contributed by atoms with Crippen LogP contribution in [0, 0.1) is 0 Å². The molecule has 5 nitrogen and oxygen atoms in total. The van der Waals surface area contributed by atoms with Crippen molar-refractivity contribution in [3.63, 3.8) is 0 Å². The molecular weight excluding hydrogens is 407 g/mol. The van der Waals surface area contributed by atoms with Gasteiger partial charge in [0.2, 0.25) is 5.91 Å². The molecule has 2 atom stereocenters. The maximum absolute atomic E-state index is 13.4. The number of hydrogen-bond acceptors (Lipinski definition) is 4. The summed E-state index contributed by atoms with van der Waals surface area (Å²) in [5.41, 5.74) is 0.777. The summed E-state index contributed by atoms with van der Waals surface area (Å²) < 4.78 is 46.0. The highest BCUT2D eigenvalue weighted by Crippen LogP contribution is 2.32. The fourth-order valence-corrected chi connectivity index (χ4v) is 3.47. The van der Waals surface area contributed by atoms with Gasteiger partial charge in [-0.15, -0.1) is 0 Å². The number of benzene rings is 1. The highest BCUT2D eigenvalue weighted by molar-refractivity contribution is 6.30. The van der Waals surface area contributed by atoms with Crippen LogP contribution in [-0.2, 0) is 11.3 Å². The summed E-state index contributed by atoms with van der Waals surface area (Å²) in [6.07, 6.45) is -2.33. The van der Waals surface area contributed by atoms with Crippen LogP contribution in [0.5, 0.6) is 5.75 Å². The molecule has 2 heterocycles. The van der Waals surface area contributed by atoms with Gasteiger partial charge in [-0.25, -0.2) is 0 Å². The van der Waals surface area contributed by atoms with E-state index < -0.39 is 18.1 Å². The second-order valence-corrected chi connectivity index (χ2v) is 7.43. The lowest BCUT2D eigenvalue weighted by atomic mass is 10.1. The third kappa shape index (κ3) is 5.83. The molecule has 2 unspecified atom stereocenters. The van der Waals surface area contributed by atoms with Crippen molar-refractivity contribution in [2.45, 2.75) is 38.2 Å². The van der Waals surface area contributed by atoms with Crippen LogP contribution in [0.3, 0.4) is 0 Å². The summed E-state index contributed by atoms with van der Waals surface area (Å²) in [6.45, 7) is 3.24. The van der Waals surface area contributed by atoms with E-state index in [1.165, 1.54) is 18.3 Å². The number of carbonyl (C=O) groups excluding carboxylic acids is 1. The topological polar surface area (TPSA) is 54.5 Å². The Bertz CT molecular complexity index is 849. The van der Waals surface area contributed by atoms with Crippen LogP contribution in [0.4, 0.5) is 13.2 Å². The van der Waals surface area contributed by atoms with Crippen LogP contribution >= 0.6 is 11.6 Å². The van der Waals surface area contributed by atoms with E-state index in [1.54, 1.807) is 18.2 Å². The minimum absolute atomic E-state index is 0.0739. The normalized spacial score (nSPS) is 18.3. The van der Waals surface area contributed by atoms with E-state index in [1.807, 2.05) is 11.8 Å². The number of nitrogens with zero attached hydrogens (tertiary/aromatic N) is 2. The van der Waals surface area contributed by atoms with Crippen molar-refractivity contribution in [3.8, 4) is 5.75 Å². The third-order valence-corrected chi connectivity index (χ3v) is 4.80. The third-order valence-electron chi connectivity index (χ3n) is 4.57. The SMILES string of the molecule is CC1CN(CCC(=O)NC(c2cccnc2)C(F)(F)F)Cc2cc(Cl)ccc2O1. The first kappa shape index (κ1) is 21.4. The molecule has 1 aromatic heterocycles. The molecule has 0 fully saturated rings. The van der Waals surface area contributed by atoms with Crippen molar-refractivity contribution in [2.75, 3.05) is 13.1 Å². The Morgan fingerprint density at radius 1 is 1.41 bits per heavy atom. The van der Waals surface area contributed by atoms with Gasteiger partial charge in [-0.05, 0) is 31.2 Å². The van der Waals surface area contributed by atoms with E-state index >= 15 is 0 Å². The highest BCUT2D eigenvalue weighted by Gasteiger charge is 2.42. The predicted octanol–water partition coefficient (Wildman–Crippen LogP) is 4.13. The first-order chi connectivity index (χ1) is 13.7. The molecule has 0 radical (unpaired) electrons. The van der Waals surface area contributed by atoms with E-state index in [4.69, 9.17) is 16.3 Å². The lowest BCUT2D eigenvalue weighted by molar-refractivity contribution is -0.163. The molecule has 1 aliphatic heterocycles. The van der Waals surface area contributed by atoms with Gasteiger partial charge in [0.1, 0.15) is 11.9 Å². The Morgan fingerprint density at radius 2 is 2.21 bits per heavy atom. The zero-order valence-electron chi connectivity index (χ0n) is 15.7. The molecule has 1 aliphatic rings. The van der Waals surface area contributed by atoms with E-state index in [-0.39, 0.29) is 18.1 Å². The number of fused-ring (bicyclic) bond motifs is 1. The van der Waals surface area contributed by atoms with Gasteiger partial charge in [0.15, 0.2) is 6.04 Å². The van der Waals surface area contributed by atoms with Gasteiger partial charge in [0.25, 0.3) is 0 Å². The predicted molar refractivity (Wildman–Crippen MR) is 103 cm³/mol. The van der Waals surface area contributed by atoms with Crippen LogP contribution in [-0.4, -0.2) is 41.2 Å². The number of rotatable bonds is 5. The van der Waals surface area contributed by atoms with Gasteiger partial charge in [0, 0.05) is 54.6 Å². The average molecular weight is 428 g/mol. The average Bonchev–Trinajstić information content (AvgIpc) is 2.81. The summed E-state index contributed by atoms with van der Waals surface area (Å²) in [6, 6.07) is 5.94. The number of pyridine rings is 1. The van der Waals surface area contributed by atoms with Gasteiger partial charge in [-0.1, -0.05) is 17.7 Å². The second-order valence-electron chi connectivity index (χ2n) is 6.99. The summed E-state index contributed by atoms with van der Waals surface area (Å²) >= 11 is 6.05. The Kier molecular flexibility index (Phi) is 6.64. The fourth-order valence-electron chi connectivity index (χ4n) is 3.27. The Hall–Kier alpha value is -2.32. The molecule has 1 N–H and O–H groups in total. The number of aromatic nitrogens is 1. The molecule has 0 spiro atoms. The van der Waals surface area contributed by atoms with Crippen molar-refractivity contribution in [2.24, 2.45) is 0 Å². The van der Waals surface area contributed by atoms with E-state index in [2.05, 4.69) is 10.3 Å². The smallest absolute Gasteiger partial charge is 0.412 e. The number of carbonyl (C=O) groups is 1. The standard InChI is InChI=1S/C20H21ClF3N3O2/c1-13-11-27(12-15-9-16(21)4-5-17(15)29-13)8-6-18(28)26-19(20(22,23)24)14-3-2-7-25-10-14/h2-5,7,9-10,13,19H,6,8,11-12H2,1H3,(H,26,28). The monoisotopic (exact) mass is 427 g/mol. The van der Waals surface area contributed by atoms with Gasteiger partial charge in [-0.2, -0.15) is 13.2 Å². The lowest BCUT2D eigenvalue weighted by Crippen LogP contribution is -2.40. The quantitative estimate of drug-likeness (QED) is 0.779. The molecule has 3 rings (SSSR count). The van der Waals surface area contributed by atoms with Gasteiger partial charge < -0.3 is 10.1 Å². The molecule has 29 heavy (non-hydrogen) atoms. The number of ether oxygens (including phenoxy) is 1. The molecule has 0 bridgehead atoms. The second kappa shape index (κ2) is 9.00. The number of amides is 1. The summed E-state index contributed by atoms with van der Waals surface area (Å²) in [4.78, 5) is 18.0. The van der Waals surface area contributed by atoms with Crippen LogP contribution in [0.15, 0.2) is 42.7 Å². The van der Waals surface area contributed by atoms with Crippen LogP contribution in [0.2, 0.25) is 5.02 Å². The van der Waals surface area contributed by atoms with Crippen molar-refractivity contribution < 1.29 is 22.7 Å². The van der Waals surface area contributed by atoms with Crippen LogP contribution in [0.25, 0.3) is 0 Å². The summed E-state index contributed by atoms with van der Waals surface area (Å²) in [7, 11) is 0. The summed E-state index contributed by atoms with van der Waals surface area (Å²) in [5.74, 6) is 0.0443. The van der Waals surface area contributed by atoms with Crippen molar-refractivity contribution in [1.29, 1.82) is 0 Å². The molecule has 1 amide bonds. The molecule has 1 aromatic carbocycles. The van der Waals surface area contributed by atoms with Gasteiger partial charge in [-0.3, -0.25) is 14.7 Å². The van der Waals surface area contributed by atoms with E-state index in [0.29, 0.717) is 24.7 Å². The minimum Gasteiger partial charge on any atom is -0.489 e. The number of hydrogen-bond donors (Lipinski definition) is 1. The van der Waals surface area contributed by atoms with Crippen molar-refractivity contribution in [1.82, 2.24) is 15.2 Å². The first-order valence-corrected chi connectivity index (χ1v) is 9.53. The first-order valence-electron chi connectivity index (χ1n) is 9.16. The maximum Gasteiger partial charge on any atom is 0.412 e. The Labute approximate surface area is 171 Å². The molecule has 2 aromatic rings. The zero-order chi connectivity index (χ0) is 21.0. The maximum atomic E-state index is 13.4. The molecule has 9 heteroatoms. The zero-order valence-corrected chi connectivity index (χ0v) is 16.5. The molecule has 156 valence electrons. The lowest BCUT2D eigenvalue weighted by Gasteiger charge is -2.24. The van der Waals surface area contributed by atoms with Crippen LogP contribution < -0.4 is 10.1 Å². The molecule has 0 aliphatic carbocycles. The van der Waals surface area contributed by atoms with Gasteiger partial charge >= 0.3 is 6.18 Å². The molecular formula is C20H21ClF3N3O2. The fraction of sp³-hybridized carbons (Fsp3) is 0.400. The van der Waals surface area contributed by atoms with E-state index in [0.717, 1.165) is 17.5 Å². The number of halogens is 4. The molecule has 0 saturated heterocycles. The molecule has 0 saturated carbocycles. The van der Waals surface area contributed by atoms with Crippen molar-refractivity contribution >= 4 is 17.5 Å². The highest BCUT2D eigenvalue weighted by atomic mass is 35.5. The number of nitrogens with one attached hydrogen (secondary N) is 1. The van der Waals surface area contributed by atoms with Crippen molar-refractivity contribution in [3.05, 3.63) is 58.9 Å².